The maximum absolute atomic E-state index is 12.6. The highest BCUT2D eigenvalue weighted by Crippen LogP contribution is 2.30. The lowest BCUT2D eigenvalue weighted by atomic mass is 10.1. The first kappa shape index (κ1) is 16.9. The van der Waals surface area contributed by atoms with Gasteiger partial charge in [0.2, 0.25) is 15.9 Å². The third-order valence-corrected chi connectivity index (χ3v) is 5.24. The number of aromatic nitrogens is 3. The lowest BCUT2D eigenvalue weighted by molar-refractivity contribution is 0.102. The van der Waals surface area contributed by atoms with Gasteiger partial charge in [0.1, 0.15) is 11.0 Å². The first-order valence-corrected chi connectivity index (χ1v) is 9.19. The number of nitrogens with zero attached hydrogens (tertiary/aromatic N) is 3. The van der Waals surface area contributed by atoms with Crippen LogP contribution in [0, 0.1) is 0 Å². The van der Waals surface area contributed by atoms with Crippen LogP contribution >= 0.6 is 0 Å². The maximum atomic E-state index is 12.6. The van der Waals surface area contributed by atoms with Crippen LogP contribution in [-0.2, 0) is 21.8 Å². The van der Waals surface area contributed by atoms with Gasteiger partial charge in [-0.05, 0) is 19.4 Å². The molecule has 0 unspecified atom stereocenters. The third kappa shape index (κ3) is 3.58. The molecule has 0 aliphatic carbocycles. The van der Waals surface area contributed by atoms with Gasteiger partial charge in [0.15, 0.2) is 0 Å². The summed E-state index contributed by atoms with van der Waals surface area (Å²) in [5, 5.41) is 4.11. The van der Waals surface area contributed by atoms with Crippen molar-refractivity contribution < 1.29 is 17.9 Å². The summed E-state index contributed by atoms with van der Waals surface area (Å²) in [5.41, 5.74) is 0.854. The number of nitrogens with one attached hydrogen (secondary N) is 1. The third-order valence-electron chi connectivity index (χ3n) is 3.76. The summed E-state index contributed by atoms with van der Waals surface area (Å²) < 4.78 is 40.4. The van der Waals surface area contributed by atoms with E-state index in [0.29, 0.717) is 25.5 Å². The number of sulfonamides is 1. The number of pyridine rings is 1. The second-order valence-electron chi connectivity index (χ2n) is 5.52. The molecule has 2 atom stereocenters. The number of hydrogen-bond donors (Lipinski definition) is 1. The van der Waals surface area contributed by atoms with E-state index in [4.69, 9.17) is 9.47 Å². The van der Waals surface area contributed by atoms with E-state index >= 15 is 0 Å². The van der Waals surface area contributed by atoms with Crippen LogP contribution in [0.3, 0.4) is 0 Å². The summed E-state index contributed by atoms with van der Waals surface area (Å²) in [6.07, 6.45) is 5.07. The molecule has 0 amide bonds. The minimum Gasteiger partial charge on any atom is -0.478 e. The molecule has 0 bridgehead atoms. The molecule has 1 aliphatic heterocycles. The summed E-state index contributed by atoms with van der Waals surface area (Å²) in [4.78, 5) is 4.10. The molecule has 1 saturated heterocycles. The molecule has 1 fully saturated rings. The highest BCUT2D eigenvalue weighted by atomic mass is 32.2. The van der Waals surface area contributed by atoms with Crippen molar-refractivity contribution in [3.05, 3.63) is 36.3 Å². The molecule has 8 nitrogen and oxygen atoms in total. The highest BCUT2D eigenvalue weighted by molar-refractivity contribution is 7.89. The van der Waals surface area contributed by atoms with Gasteiger partial charge in [-0.2, -0.15) is 5.10 Å². The van der Waals surface area contributed by atoms with E-state index in [9.17, 15) is 8.42 Å². The smallest absolute Gasteiger partial charge is 0.242 e. The first-order valence-electron chi connectivity index (χ1n) is 7.71. The van der Waals surface area contributed by atoms with Crippen LogP contribution < -0.4 is 9.46 Å². The van der Waals surface area contributed by atoms with Crippen molar-refractivity contribution in [1.82, 2.24) is 19.5 Å². The zero-order valence-electron chi connectivity index (χ0n) is 13.5. The number of hydrogen-bond acceptors (Lipinski definition) is 6. The van der Waals surface area contributed by atoms with Crippen molar-refractivity contribution >= 4 is 10.0 Å². The van der Waals surface area contributed by atoms with E-state index in [1.54, 1.807) is 16.9 Å². The Hall–Kier alpha value is -1.97. The summed E-state index contributed by atoms with van der Waals surface area (Å²) in [7, 11) is -1.88. The van der Waals surface area contributed by atoms with E-state index in [-0.39, 0.29) is 17.0 Å². The lowest BCUT2D eigenvalue weighted by Gasteiger charge is -2.18. The van der Waals surface area contributed by atoms with Crippen molar-refractivity contribution in [2.24, 2.45) is 7.05 Å². The van der Waals surface area contributed by atoms with Crippen LogP contribution in [0.4, 0.5) is 0 Å². The molecule has 0 aromatic carbocycles. The fraction of sp³-hybridized carbons (Fsp3) is 0.467. The minimum absolute atomic E-state index is 0.0998. The average molecular weight is 352 g/mol. The Morgan fingerprint density at radius 2 is 2.25 bits per heavy atom. The Kier molecular flexibility index (Phi) is 4.83. The summed E-state index contributed by atoms with van der Waals surface area (Å²) in [6, 6.07) is 2.68. The molecule has 0 radical (unpaired) electrons. The highest BCUT2D eigenvalue weighted by Gasteiger charge is 2.34. The molecule has 24 heavy (non-hydrogen) atoms. The predicted octanol–water partition coefficient (Wildman–Crippen LogP) is 1.02. The van der Waals surface area contributed by atoms with Gasteiger partial charge in [-0.15, -0.1) is 0 Å². The number of rotatable bonds is 6. The van der Waals surface area contributed by atoms with E-state index in [1.165, 1.54) is 12.3 Å². The van der Waals surface area contributed by atoms with Gasteiger partial charge < -0.3 is 9.47 Å². The Balaban J connectivity index is 1.75. The Labute approximate surface area is 140 Å². The fourth-order valence-corrected chi connectivity index (χ4v) is 3.87. The molecule has 1 aliphatic rings. The van der Waals surface area contributed by atoms with Crippen molar-refractivity contribution in [2.45, 2.75) is 30.4 Å². The summed E-state index contributed by atoms with van der Waals surface area (Å²) in [5.74, 6) is 0.397. The van der Waals surface area contributed by atoms with E-state index in [0.717, 1.165) is 5.56 Å². The van der Waals surface area contributed by atoms with Crippen LogP contribution in [0.2, 0.25) is 0 Å². The predicted molar refractivity (Wildman–Crippen MR) is 86.0 cm³/mol. The second kappa shape index (κ2) is 6.88. The van der Waals surface area contributed by atoms with Gasteiger partial charge in [-0.3, -0.25) is 4.68 Å². The van der Waals surface area contributed by atoms with Gasteiger partial charge in [0.05, 0.1) is 25.0 Å². The van der Waals surface area contributed by atoms with Gasteiger partial charge >= 0.3 is 0 Å². The molecule has 2 aromatic rings. The summed E-state index contributed by atoms with van der Waals surface area (Å²) >= 11 is 0. The van der Waals surface area contributed by atoms with Gasteiger partial charge in [0, 0.05) is 31.5 Å². The average Bonchev–Trinajstić information content (AvgIpc) is 3.16. The Morgan fingerprint density at radius 1 is 1.42 bits per heavy atom. The zero-order valence-corrected chi connectivity index (χ0v) is 14.4. The van der Waals surface area contributed by atoms with Crippen LogP contribution in [0.15, 0.2) is 35.6 Å². The molecule has 0 spiro atoms. The first-order chi connectivity index (χ1) is 11.5. The van der Waals surface area contributed by atoms with Crippen molar-refractivity contribution in [2.75, 3.05) is 13.2 Å². The van der Waals surface area contributed by atoms with E-state index in [1.807, 2.05) is 20.2 Å². The molecule has 9 heteroatoms. The van der Waals surface area contributed by atoms with Gasteiger partial charge in [-0.25, -0.2) is 18.1 Å². The van der Waals surface area contributed by atoms with E-state index < -0.39 is 10.0 Å². The lowest BCUT2D eigenvalue weighted by Crippen LogP contribution is -2.36. The number of aryl methyl sites for hydroxylation is 1. The largest absolute Gasteiger partial charge is 0.478 e. The van der Waals surface area contributed by atoms with Gasteiger partial charge in [-0.1, -0.05) is 0 Å². The van der Waals surface area contributed by atoms with E-state index in [2.05, 4.69) is 14.8 Å². The molecule has 2 aromatic heterocycles. The molecule has 130 valence electrons. The topological polar surface area (TPSA) is 95.3 Å². The SMILES string of the molecule is CCOc1ccc(S(=O)(=O)N[C@H]2CCO[C@@H]2c2cnn(C)c2)cn1. The van der Waals surface area contributed by atoms with Crippen LogP contribution in [0.5, 0.6) is 5.88 Å². The minimum atomic E-state index is -3.68. The van der Waals surface area contributed by atoms with Gasteiger partial charge in [0.25, 0.3) is 0 Å². The Bertz CT molecular complexity index is 788. The van der Waals surface area contributed by atoms with Crippen molar-refractivity contribution in [1.29, 1.82) is 0 Å². The van der Waals surface area contributed by atoms with Crippen LogP contribution in [0.25, 0.3) is 0 Å². The van der Waals surface area contributed by atoms with Crippen LogP contribution in [-0.4, -0.2) is 42.4 Å². The van der Waals surface area contributed by atoms with Crippen LogP contribution in [0.1, 0.15) is 25.0 Å². The molecule has 3 heterocycles. The maximum Gasteiger partial charge on any atom is 0.242 e. The normalized spacial score (nSPS) is 21.1. The number of ether oxygens (including phenoxy) is 2. The molecular formula is C15H20N4O4S. The molecule has 1 N–H and O–H groups in total. The van der Waals surface area contributed by atoms with Crippen molar-refractivity contribution in [3.8, 4) is 5.88 Å². The molecule has 3 rings (SSSR count). The standard InChI is InChI=1S/C15H20N4O4S/c1-3-22-14-5-4-12(9-16-14)24(20,21)18-13-6-7-23-15(13)11-8-17-19(2)10-11/h4-5,8-10,13,15,18H,3,6-7H2,1-2H3/t13-,15+/m0/s1. The molecular weight excluding hydrogens is 332 g/mol. The molecule has 0 saturated carbocycles. The fourth-order valence-electron chi connectivity index (χ4n) is 2.65. The quantitative estimate of drug-likeness (QED) is 0.834. The summed E-state index contributed by atoms with van der Waals surface area (Å²) in [6.45, 7) is 2.81. The second-order valence-corrected chi connectivity index (χ2v) is 7.23. The van der Waals surface area contributed by atoms with Crippen molar-refractivity contribution in [3.63, 3.8) is 0 Å². The monoisotopic (exact) mass is 352 g/mol. The Morgan fingerprint density at radius 3 is 2.88 bits per heavy atom. The zero-order chi connectivity index (χ0) is 17.2.